The van der Waals surface area contributed by atoms with Crippen LogP contribution in [0, 0.1) is 20.8 Å². The summed E-state index contributed by atoms with van der Waals surface area (Å²) in [7, 11) is 0. The van der Waals surface area contributed by atoms with E-state index in [-0.39, 0.29) is 6.03 Å². The Morgan fingerprint density at radius 1 is 0.919 bits per heavy atom. The van der Waals surface area contributed by atoms with E-state index >= 15 is 0 Å². The lowest BCUT2D eigenvalue weighted by Gasteiger charge is -2.35. The van der Waals surface area contributed by atoms with Crippen molar-refractivity contribution in [3.05, 3.63) is 112 Å². The van der Waals surface area contributed by atoms with E-state index in [1.807, 2.05) is 31.2 Å². The Morgan fingerprint density at radius 2 is 1.70 bits per heavy atom. The Balaban J connectivity index is 1.59. The fourth-order valence-electron chi connectivity index (χ4n) is 4.78. The Bertz CT molecular complexity index is 1480. The number of nitrogens with one attached hydrogen (secondary N) is 1. The molecule has 0 bridgehead atoms. The Hall–Kier alpha value is -4.19. The van der Waals surface area contributed by atoms with Crippen LogP contribution in [0.3, 0.4) is 0 Å². The average Bonchev–Trinajstić information content (AvgIpc) is 3.37. The Labute approximate surface area is 218 Å². The predicted molar refractivity (Wildman–Crippen MR) is 146 cm³/mol. The number of rotatable bonds is 6. The molecule has 1 aliphatic rings. The van der Waals surface area contributed by atoms with Crippen molar-refractivity contribution < 1.29 is 9.32 Å². The van der Waals surface area contributed by atoms with Gasteiger partial charge in [-0.25, -0.2) is 4.79 Å². The summed E-state index contributed by atoms with van der Waals surface area (Å²) >= 11 is 0. The molecule has 0 fully saturated rings. The van der Waals surface area contributed by atoms with Crippen molar-refractivity contribution in [1.29, 1.82) is 0 Å². The van der Waals surface area contributed by atoms with Crippen molar-refractivity contribution in [2.24, 2.45) is 0 Å². The maximum atomic E-state index is 13.4. The first-order chi connectivity index (χ1) is 17.8. The zero-order valence-corrected chi connectivity index (χ0v) is 22.0. The van der Waals surface area contributed by atoms with Gasteiger partial charge in [0.05, 0.1) is 18.2 Å². The number of hydrogen-bond donors (Lipinski definition) is 1. The highest BCUT2D eigenvalue weighted by Crippen LogP contribution is 2.38. The molecule has 4 aromatic rings. The topological polar surface area (TPSA) is 71.3 Å². The van der Waals surface area contributed by atoms with Crippen molar-refractivity contribution in [2.75, 3.05) is 0 Å². The van der Waals surface area contributed by atoms with E-state index < -0.39 is 6.04 Å². The molecule has 3 aromatic carbocycles. The molecule has 1 aromatic heterocycles. The van der Waals surface area contributed by atoms with Crippen LogP contribution in [0.5, 0.6) is 0 Å². The van der Waals surface area contributed by atoms with Crippen LogP contribution in [0.25, 0.3) is 17.0 Å². The monoisotopic (exact) mass is 492 g/mol. The van der Waals surface area contributed by atoms with E-state index in [4.69, 9.17) is 9.51 Å². The second-order valence-corrected chi connectivity index (χ2v) is 9.77. The molecule has 2 heterocycles. The smallest absolute Gasteiger partial charge is 0.322 e. The number of carbonyl (C=O) groups excluding carboxylic acids is 1. The number of carbonyl (C=O) groups is 1. The number of benzene rings is 3. The highest BCUT2D eigenvalue weighted by molar-refractivity contribution is 5.87. The average molecular weight is 493 g/mol. The maximum absolute atomic E-state index is 13.4. The zero-order chi connectivity index (χ0) is 26.1. The fourth-order valence-corrected chi connectivity index (χ4v) is 4.78. The van der Waals surface area contributed by atoms with Crippen molar-refractivity contribution >= 4 is 11.6 Å². The second-order valence-electron chi connectivity index (χ2n) is 9.77. The third kappa shape index (κ3) is 4.92. The van der Waals surface area contributed by atoms with Crippen LogP contribution in [0.1, 0.15) is 59.2 Å². The van der Waals surface area contributed by atoms with Gasteiger partial charge in [-0.05, 0) is 61.9 Å². The SMILES string of the molecule is CCc1ccc(-c2noc(C3=C(C)N(Cc4cccc(C)c4)C(=O)NC3c3ccc(C)c(C)c3)n2)cc1. The lowest BCUT2D eigenvalue weighted by molar-refractivity contribution is 0.203. The van der Waals surface area contributed by atoms with Gasteiger partial charge in [-0.2, -0.15) is 4.98 Å². The van der Waals surface area contributed by atoms with Crippen LogP contribution in [-0.2, 0) is 13.0 Å². The lowest BCUT2D eigenvalue weighted by Crippen LogP contribution is -2.45. The minimum atomic E-state index is -0.406. The Kier molecular flexibility index (Phi) is 6.66. The van der Waals surface area contributed by atoms with E-state index in [0.717, 1.165) is 45.5 Å². The molecule has 6 nitrogen and oxygen atoms in total. The third-order valence-electron chi connectivity index (χ3n) is 7.16. The summed E-state index contributed by atoms with van der Waals surface area (Å²) in [5, 5.41) is 7.51. The normalized spacial score (nSPS) is 15.8. The minimum Gasteiger partial charge on any atom is -0.334 e. The van der Waals surface area contributed by atoms with Gasteiger partial charge in [-0.1, -0.05) is 84.4 Å². The first kappa shape index (κ1) is 24.5. The zero-order valence-electron chi connectivity index (χ0n) is 22.0. The van der Waals surface area contributed by atoms with Crippen LogP contribution < -0.4 is 5.32 Å². The summed E-state index contributed by atoms with van der Waals surface area (Å²) in [6.07, 6.45) is 0.970. The first-order valence-electron chi connectivity index (χ1n) is 12.7. The highest BCUT2D eigenvalue weighted by Gasteiger charge is 2.36. The molecular formula is C31H32N4O2. The highest BCUT2D eigenvalue weighted by atomic mass is 16.5. The molecule has 1 aliphatic heterocycles. The van der Waals surface area contributed by atoms with E-state index in [1.54, 1.807) is 4.90 Å². The third-order valence-corrected chi connectivity index (χ3v) is 7.16. The summed E-state index contributed by atoms with van der Waals surface area (Å²) < 4.78 is 5.85. The Morgan fingerprint density at radius 3 is 2.41 bits per heavy atom. The molecule has 1 unspecified atom stereocenters. The molecule has 0 saturated heterocycles. The summed E-state index contributed by atoms with van der Waals surface area (Å²) in [6, 6.07) is 22.1. The lowest BCUT2D eigenvalue weighted by atomic mass is 9.92. The molecule has 5 rings (SSSR count). The molecule has 2 amide bonds. The number of hydrogen-bond acceptors (Lipinski definition) is 4. The van der Waals surface area contributed by atoms with Gasteiger partial charge in [0.25, 0.3) is 5.89 Å². The van der Waals surface area contributed by atoms with Gasteiger partial charge in [-0.15, -0.1) is 0 Å². The fraction of sp³-hybridized carbons (Fsp3) is 0.258. The standard InChI is InChI=1S/C31H32N4O2/c1-6-23-11-14-25(15-12-23)29-33-30(37-34-29)27-22(5)35(18-24-9-7-8-19(2)16-24)31(36)32-28(27)26-13-10-20(3)21(4)17-26/h7-17,28H,6,18H2,1-5H3,(H,32,36). The van der Waals surface area contributed by atoms with Crippen molar-refractivity contribution in [1.82, 2.24) is 20.4 Å². The summed E-state index contributed by atoms with van der Waals surface area (Å²) in [4.78, 5) is 20.0. The van der Waals surface area contributed by atoms with Gasteiger partial charge in [0.2, 0.25) is 5.82 Å². The number of nitrogens with zero attached hydrogens (tertiary/aromatic N) is 3. The van der Waals surface area contributed by atoms with Gasteiger partial charge in [0, 0.05) is 11.3 Å². The van der Waals surface area contributed by atoms with Gasteiger partial charge in [-0.3, -0.25) is 4.90 Å². The van der Waals surface area contributed by atoms with E-state index in [1.165, 1.54) is 11.1 Å². The molecule has 1 atom stereocenters. The predicted octanol–water partition coefficient (Wildman–Crippen LogP) is 6.92. The quantitative estimate of drug-likeness (QED) is 0.317. The second kappa shape index (κ2) is 10.1. The number of amides is 2. The maximum Gasteiger partial charge on any atom is 0.322 e. The van der Waals surface area contributed by atoms with Crippen LogP contribution in [0.4, 0.5) is 4.79 Å². The molecule has 6 heteroatoms. The molecule has 0 radical (unpaired) electrons. The molecule has 37 heavy (non-hydrogen) atoms. The van der Waals surface area contributed by atoms with Crippen molar-refractivity contribution in [2.45, 2.75) is 53.6 Å². The van der Waals surface area contributed by atoms with E-state index in [9.17, 15) is 4.79 Å². The number of urea groups is 1. The summed E-state index contributed by atoms with van der Waals surface area (Å²) in [5.74, 6) is 0.934. The van der Waals surface area contributed by atoms with Crippen molar-refractivity contribution in [3.63, 3.8) is 0 Å². The largest absolute Gasteiger partial charge is 0.334 e. The molecule has 0 spiro atoms. The van der Waals surface area contributed by atoms with Crippen LogP contribution in [0.2, 0.25) is 0 Å². The minimum absolute atomic E-state index is 0.152. The van der Waals surface area contributed by atoms with Gasteiger partial charge in [0.1, 0.15) is 0 Å². The van der Waals surface area contributed by atoms with Crippen LogP contribution >= 0.6 is 0 Å². The number of allylic oxidation sites excluding steroid dienone is 1. The first-order valence-corrected chi connectivity index (χ1v) is 12.7. The van der Waals surface area contributed by atoms with E-state index in [0.29, 0.717) is 18.3 Å². The van der Waals surface area contributed by atoms with E-state index in [2.05, 4.69) is 80.6 Å². The van der Waals surface area contributed by atoms with Gasteiger partial charge < -0.3 is 9.84 Å². The van der Waals surface area contributed by atoms with Crippen molar-refractivity contribution in [3.8, 4) is 11.4 Å². The summed E-state index contributed by atoms with van der Waals surface area (Å²) in [6.45, 7) is 10.7. The summed E-state index contributed by atoms with van der Waals surface area (Å²) in [5.41, 5.74) is 9.30. The van der Waals surface area contributed by atoms with Gasteiger partial charge in [0.15, 0.2) is 0 Å². The number of aryl methyl sites for hydroxylation is 4. The molecule has 0 aliphatic carbocycles. The molecule has 188 valence electrons. The van der Waals surface area contributed by atoms with Crippen LogP contribution in [0.15, 0.2) is 77.0 Å². The molecule has 1 N–H and O–H groups in total. The van der Waals surface area contributed by atoms with Gasteiger partial charge >= 0.3 is 6.03 Å². The molecular weight excluding hydrogens is 460 g/mol. The van der Waals surface area contributed by atoms with Crippen LogP contribution in [-0.4, -0.2) is 21.1 Å². The molecule has 0 saturated carbocycles. The number of aromatic nitrogens is 2.